The number of benzene rings is 3. The Labute approximate surface area is 352 Å². The third-order valence-corrected chi connectivity index (χ3v) is 13.2. The Kier molecular flexibility index (Phi) is 13.4. The van der Waals surface area contributed by atoms with Crippen molar-refractivity contribution in [2.75, 3.05) is 48.5 Å². The van der Waals surface area contributed by atoms with Gasteiger partial charge in [0.2, 0.25) is 0 Å². The lowest BCUT2D eigenvalue weighted by atomic mass is 9.48. The Morgan fingerprint density at radius 3 is 1.97 bits per heavy atom. The number of amides is 2. The summed E-state index contributed by atoms with van der Waals surface area (Å²) in [5.74, 6) is 0.360. The van der Waals surface area contributed by atoms with Crippen LogP contribution in [0.4, 0.5) is 0 Å². The lowest BCUT2D eigenvalue weighted by Gasteiger charge is -2.59. The van der Waals surface area contributed by atoms with E-state index in [1.807, 2.05) is 51.5 Å². The number of nitrogens with zero attached hydrogens (tertiary/aromatic N) is 4. The van der Waals surface area contributed by atoms with Crippen molar-refractivity contribution in [3.63, 3.8) is 0 Å². The molecule has 15 heteroatoms. The van der Waals surface area contributed by atoms with Gasteiger partial charge in [0.1, 0.15) is 17.0 Å². The number of carboxylic acids is 1. The highest BCUT2D eigenvalue weighted by Crippen LogP contribution is 2.58. The van der Waals surface area contributed by atoms with Gasteiger partial charge in [0.05, 0.1) is 36.1 Å². The number of hydrogen-bond donors (Lipinski definition) is 3. The summed E-state index contributed by atoms with van der Waals surface area (Å²) in [6, 6.07) is 20.1. The molecule has 0 spiro atoms. The smallest absolute Gasteiger partial charge is 0.330 e. The zero-order valence-electron chi connectivity index (χ0n) is 35.4. The number of carbonyl (C=O) groups excluding carboxylic acids is 2. The number of nitrogens with one attached hydrogen (secondary N) is 1. The van der Waals surface area contributed by atoms with Crippen molar-refractivity contribution in [2.45, 2.75) is 68.7 Å². The molecule has 14 nitrogen and oxygen atoms in total. The van der Waals surface area contributed by atoms with E-state index in [1.165, 1.54) is 18.6 Å². The first-order valence-corrected chi connectivity index (χ1v) is 21.9. The van der Waals surface area contributed by atoms with Gasteiger partial charge in [-0.25, -0.2) is 9.48 Å². The number of hydrogen-bond acceptors (Lipinski definition) is 9. The summed E-state index contributed by atoms with van der Waals surface area (Å²) in [4.78, 5) is 44.7. The monoisotopic (exact) mass is 843 g/mol. The summed E-state index contributed by atoms with van der Waals surface area (Å²) in [6.07, 6.45) is 5.33. The van der Waals surface area contributed by atoms with Crippen molar-refractivity contribution in [2.24, 2.45) is 23.7 Å². The minimum Gasteiger partial charge on any atom is -0.496 e. The van der Waals surface area contributed by atoms with E-state index in [-0.39, 0.29) is 34.3 Å². The van der Waals surface area contributed by atoms with Gasteiger partial charge in [-0.3, -0.25) is 14.1 Å². The second-order valence-corrected chi connectivity index (χ2v) is 18.3. The van der Waals surface area contributed by atoms with Gasteiger partial charge in [-0.15, -0.1) is 0 Å². The molecule has 3 aromatic carbocycles. The maximum atomic E-state index is 14.3. The predicted molar refractivity (Wildman–Crippen MR) is 227 cm³/mol. The zero-order chi connectivity index (χ0) is 43.5. The molecule has 0 atom stereocenters. The number of ether oxygens (including phenoxy) is 2. The van der Waals surface area contributed by atoms with Crippen LogP contribution in [0.5, 0.6) is 11.5 Å². The molecule has 4 saturated carbocycles. The van der Waals surface area contributed by atoms with E-state index >= 15 is 0 Å². The minimum absolute atomic E-state index is 0.00554. The first kappa shape index (κ1) is 44.3. The van der Waals surface area contributed by atoms with Crippen molar-refractivity contribution in [1.29, 1.82) is 0 Å². The lowest BCUT2D eigenvalue weighted by molar-refractivity contribution is -0.163. The molecule has 0 unspecified atom stereocenters. The van der Waals surface area contributed by atoms with E-state index in [9.17, 15) is 27.9 Å². The van der Waals surface area contributed by atoms with Gasteiger partial charge in [-0.1, -0.05) is 38.1 Å². The third-order valence-electron chi connectivity index (χ3n) is 12.3. The standard InChI is InChI=1S/C39H51N5O6.C6H6O3S/c1-23(2)29-21-26(37(46)43(5)15-9-14-42(3)4)12-13-31(29)44-32(35-33(49-6)10-8-11-34(35)50-7)22-30(41-44)36(45)40-39(38(47)48)27-17-24-16-25(19-27)20-28(39)18-24;7-10(8,9)6-4-2-1-3-5-6/h8,10-13,21-25,27-28H,9,14-20H2,1-7H3,(H,40,45)(H,47,48);1-5H,(H,7,8,9). The first-order chi connectivity index (χ1) is 28.5. The molecule has 2 amide bonds. The SMILES string of the molecule is COc1cccc(OC)c1-c1cc(C(=O)NC2(C(=O)O)C3CC4CC(C3)CC2C4)nn1-c1ccc(C(=O)N(C)CCCN(C)C)cc1C(C)C.O=S(=O)(O)c1ccccc1. The van der Waals surface area contributed by atoms with Gasteiger partial charge < -0.3 is 29.7 Å². The van der Waals surface area contributed by atoms with E-state index in [0.29, 0.717) is 52.4 Å². The molecule has 0 aliphatic heterocycles. The Morgan fingerprint density at radius 2 is 1.47 bits per heavy atom. The highest BCUT2D eigenvalue weighted by molar-refractivity contribution is 7.85. The van der Waals surface area contributed by atoms with Crippen molar-refractivity contribution >= 4 is 27.9 Å². The molecule has 3 N–H and O–H groups in total. The van der Waals surface area contributed by atoms with Crippen LogP contribution in [-0.4, -0.2) is 109 Å². The van der Waals surface area contributed by atoms with Crippen molar-refractivity contribution in [3.05, 3.63) is 89.6 Å². The molecule has 1 heterocycles. The Hall–Kier alpha value is -5.25. The molecule has 8 rings (SSSR count). The third kappa shape index (κ3) is 9.08. The van der Waals surface area contributed by atoms with E-state index in [1.54, 1.807) is 54.1 Å². The molecule has 0 saturated heterocycles. The Balaban J connectivity index is 0.000000529. The van der Waals surface area contributed by atoms with Gasteiger partial charge in [-0.05, 0) is 143 Å². The average Bonchev–Trinajstić information content (AvgIpc) is 3.66. The summed E-state index contributed by atoms with van der Waals surface area (Å²) in [5, 5.41) is 18.7. The van der Waals surface area contributed by atoms with E-state index in [0.717, 1.165) is 44.2 Å². The second kappa shape index (κ2) is 18.2. The molecule has 4 aliphatic rings. The number of carboxylic acid groups (broad SMARTS) is 1. The molecule has 1 aromatic heterocycles. The van der Waals surface area contributed by atoms with Crippen LogP contribution in [0, 0.1) is 23.7 Å². The molecule has 4 aliphatic carbocycles. The van der Waals surface area contributed by atoms with Gasteiger partial charge in [0.15, 0.2) is 5.69 Å². The van der Waals surface area contributed by atoms with Crippen molar-refractivity contribution in [3.8, 4) is 28.4 Å². The first-order valence-electron chi connectivity index (χ1n) is 20.4. The Bertz CT molecular complexity index is 2260. The molecule has 4 aromatic rings. The van der Waals surface area contributed by atoms with E-state index < -0.39 is 27.5 Å². The number of methoxy groups -OCH3 is 2. The number of aromatic nitrogens is 2. The normalized spacial score (nSPS) is 21.6. The van der Waals surface area contributed by atoms with Gasteiger partial charge in [0.25, 0.3) is 21.9 Å². The van der Waals surface area contributed by atoms with E-state index in [4.69, 9.17) is 19.1 Å². The molecule has 0 radical (unpaired) electrons. The Morgan fingerprint density at radius 1 is 0.867 bits per heavy atom. The molecule has 4 bridgehead atoms. The van der Waals surface area contributed by atoms with Crippen molar-refractivity contribution < 1.29 is 41.9 Å². The maximum absolute atomic E-state index is 14.3. The van der Waals surface area contributed by atoms with Gasteiger partial charge >= 0.3 is 5.97 Å². The van der Waals surface area contributed by atoms with Crippen LogP contribution in [0.15, 0.2) is 77.7 Å². The second-order valence-electron chi connectivity index (χ2n) is 16.9. The summed E-state index contributed by atoms with van der Waals surface area (Å²) < 4.78 is 42.5. The van der Waals surface area contributed by atoms with Crippen LogP contribution in [-0.2, 0) is 14.9 Å². The quantitative estimate of drug-likeness (QED) is 0.116. The fourth-order valence-electron chi connectivity index (χ4n) is 9.63. The number of rotatable bonds is 14. The number of carbonyl (C=O) groups is 3. The predicted octanol–water partition coefficient (Wildman–Crippen LogP) is 6.65. The zero-order valence-corrected chi connectivity index (χ0v) is 36.2. The number of aliphatic carboxylic acids is 1. The highest BCUT2D eigenvalue weighted by Gasteiger charge is 2.62. The van der Waals surface area contributed by atoms with Crippen LogP contribution in [0.1, 0.15) is 84.7 Å². The molecule has 4 fully saturated rings. The van der Waals surface area contributed by atoms with Crippen molar-refractivity contribution in [1.82, 2.24) is 24.9 Å². The molecular weight excluding hydrogens is 787 g/mol. The van der Waals surface area contributed by atoms with Crippen LogP contribution >= 0.6 is 0 Å². The summed E-state index contributed by atoms with van der Waals surface area (Å²) in [7, 11) is 5.00. The molecule has 60 heavy (non-hydrogen) atoms. The topological polar surface area (TPSA) is 181 Å². The fraction of sp³-hybridized carbons (Fsp3) is 0.467. The summed E-state index contributed by atoms with van der Waals surface area (Å²) in [5.41, 5.74) is 2.04. The molecule has 322 valence electrons. The van der Waals surface area contributed by atoms with Crippen LogP contribution in [0.3, 0.4) is 0 Å². The highest BCUT2D eigenvalue weighted by atomic mass is 32.2. The van der Waals surface area contributed by atoms with Crippen LogP contribution < -0.4 is 14.8 Å². The van der Waals surface area contributed by atoms with E-state index in [2.05, 4.69) is 24.1 Å². The van der Waals surface area contributed by atoms with Gasteiger partial charge in [-0.2, -0.15) is 13.5 Å². The van der Waals surface area contributed by atoms with Crippen LogP contribution in [0.2, 0.25) is 0 Å². The molecular formula is C45H57N5O9S. The largest absolute Gasteiger partial charge is 0.496 e. The maximum Gasteiger partial charge on any atom is 0.330 e. The average molecular weight is 844 g/mol. The van der Waals surface area contributed by atoms with Crippen LogP contribution in [0.25, 0.3) is 16.9 Å². The fourth-order valence-corrected chi connectivity index (χ4v) is 10.1. The van der Waals surface area contributed by atoms with Gasteiger partial charge in [0, 0.05) is 19.2 Å². The minimum atomic E-state index is -4.00. The summed E-state index contributed by atoms with van der Waals surface area (Å²) in [6.45, 7) is 5.62. The lowest BCUT2D eigenvalue weighted by Crippen LogP contribution is -2.70. The summed E-state index contributed by atoms with van der Waals surface area (Å²) >= 11 is 0.